The van der Waals surface area contributed by atoms with Crippen LogP contribution >= 0.6 is 0 Å². The first kappa shape index (κ1) is 20.3. The highest BCUT2D eigenvalue weighted by Gasteiger charge is 2.18. The van der Waals surface area contributed by atoms with Crippen molar-refractivity contribution < 1.29 is 9.59 Å². The Morgan fingerprint density at radius 2 is 0.871 bits per heavy atom. The summed E-state index contributed by atoms with van der Waals surface area (Å²) >= 11 is 0. The largest absolute Gasteiger partial charge is 0.330 e. The second kappa shape index (κ2) is 9.68. The molecule has 0 aliphatic rings. The number of ketones is 1. The molecule has 0 unspecified atom stereocenters. The summed E-state index contributed by atoms with van der Waals surface area (Å²) in [4.78, 5) is 27.8. The van der Waals surface area contributed by atoms with E-state index < -0.39 is 0 Å². The number of hydrogen-bond donors (Lipinski definition) is 0. The van der Waals surface area contributed by atoms with Gasteiger partial charge in [0.15, 0.2) is 5.78 Å². The Balaban J connectivity index is 1.56. The standard InChI is InChI=1S/C28H23NO2/c30-27(24-14-8-3-9-15-24)25-16-18-26(19-17-25)28(31)29(20-22-10-4-1-5-11-22)21-23-12-6-2-7-13-23/h1-19H,20-21H2. The van der Waals surface area contributed by atoms with Crippen LogP contribution in [0.5, 0.6) is 0 Å². The van der Waals surface area contributed by atoms with Crippen molar-refractivity contribution in [1.29, 1.82) is 0 Å². The zero-order chi connectivity index (χ0) is 21.5. The predicted octanol–water partition coefficient (Wildman–Crippen LogP) is 5.76. The Morgan fingerprint density at radius 1 is 0.484 bits per heavy atom. The smallest absolute Gasteiger partial charge is 0.254 e. The van der Waals surface area contributed by atoms with E-state index >= 15 is 0 Å². The highest BCUT2D eigenvalue weighted by molar-refractivity contribution is 6.09. The third-order valence-corrected chi connectivity index (χ3v) is 5.15. The van der Waals surface area contributed by atoms with E-state index in [0.717, 1.165) is 11.1 Å². The van der Waals surface area contributed by atoms with Gasteiger partial charge in [-0.1, -0.05) is 103 Å². The Bertz CT molecular complexity index is 1100. The molecule has 0 spiro atoms. The lowest BCUT2D eigenvalue weighted by Gasteiger charge is -2.23. The molecule has 4 aromatic rings. The third-order valence-electron chi connectivity index (χ3n) is 5.15. The molecular weight excluding hydrogens is 382 g/mol. The SMILES string of the molecule is O=C(c1ccccc1)c1ccc(C(=O)N(Cc2ccccc2)Cc2ccccc2)cc1. The first-order chi connectivity index (χ1) is 15.2. The molecule has 0 aliphatic heterocycles. The van der Waals surface area contributed by atoms with E-state index in [-0.39, 0.29) is 11.7 Å². The Labute approximate surface area is 182 Å². The molecule has 4 aromatic carbocycles. The molecule has 0 atom stereocenters. The monoisotopic (exact) mass is 405 g/mol. The molecule has 0 aromatic heterocycles. The summed E-state index contributed by atoms with van der Waals surface area (Å²) in [5, 5.41) is 0. The molecule has 0 heterocycles. The second-order valence-electron chi connectivity index (χ2n) is 7.40. The zero-order valence-electron chi connectivity index (χ0n) is 17.1. The molecule has 0 radical (unpaired) electrons. The van der Waals surface area contributed by atoms with Crippen molar-refractivity contribution in [3.8, 4) is 0 Å². The van der Waals surface area contributed by atoms with Crippen LogP contribution in [0, 0.1) is 0 Å². The maximum atomic E-state index is 13.3. The minimum atomic E-state index is -0.0635. The minimum absolute atomic E-state index is 0.0509. The second-order valence-corrected chi connectivity index (χ2v) is 7.40. The average molecular weight is 405 g/mol. The molecule has 0 saturated carbocycles. The molecule has 3 heteroatoms. The van der Waals surface area contributed by atoms with Gasteiger partial charge in [0, 0.05) is 29.8 Å². The van der Waals surface area contributed by atoms with Gasteiger partial charge in [-0.05, 0) is 23.3 Å². The zero-order valence-corrected chi connectivity index (χ0v) is 17.1. The molecule has 0 aliphatic carbocycles. The predicted molar refractivity (Wildman–Crippen MR) is 123 cm³/mol. The molecule has 152 valence electrons. The molecule has 1 amide bonds. The quantitative estimate of drug-likeness (QED) is 0.367. The molecular formula is C28H23NO2. The van der Waals surface area contributed by atoms with Crippen LogP contribution in [0.1, 0.15) is 37.4 Å². The molecule has 0 bridgehead atoms. The van der Waals surface area contributed by atoms with Crippen LogP contribution in [-0.2, 0) is 13.1 Å². The van der Waals surface area contributed by atoms with Crippen LogP contribution in [0.4, 0.5) is 0 Å². The average Bonchev–Trinajstić information content (AvgIpc) is 2.85. The molecule has 0 fully saturated rings. The fourth-order valence-corrected chi connectivity index (χ4v) is 3.51. The van der Waals surface area contributed by atoms with Gasteiger partial charge in [-0.15, -0.1) is 0 Å². The fraction of sp³-hybridized carbons (Fsp3) is 0.0714. The summed E-state index contributed by atoms with van der Waals surface area (Å²) in [5.41, 5.74) is 3.92. The van der Waals surface area contributed by atoms with E-state index in [1.54, 1.807) is 36.4 Å². The van der Waals surface area contributed by atoms with Crippen molar-refractivity contribution in [2.45, 2.75) is 13.1 Å². The number of hydrogen-bond acceptors (Lipinski definition) is 2. The van der Waals surface area contributed by atoms with Crippen molar-refractivity contribution in [1.82, 2.24) is 4.90 Å². The summed E-state index contributed by atoms with van der Waals surface area (Å²) in [6.45, 7) is 1.03. The van der Waals surface area contributed by atoms with Gasteiger partial charge < -0.3 is 4.90 Å². The molecule has 3 nitrogen and oxygen atoms in total. The van der Waals surface area contributed by atoms with Crippen LogP contribution in [0.2, 0.25) is 0 Å². The Kier molecular flexibility index (Phi) is 6.34. The normalized spacial score (nSPS) is 10.5. The Morgan fingerprint density at radius 3 is 1.35 bits per heavy atom. The summed E-state index contributed by atoms with van der Waals surface area (Å²) < 4.78 is 0. The number of carbonyl (C=O) groups is 2. The van der Waals surface area contributed by atoms with E-state index in [0.29, 0.717) is 29.8 Å². The number of amides is 1. The number of nitrogens with zero attached hydrogens (tertiary/aromatic N) is 1. The summed E-state index contributed by atoms with van der Waals surface area (Å²) in [7, 11) is 0. The van der Waals surface area contributed by atoms with Crippen LogP contribution in [0.3, 0.4) is 0 Å². The lowest BCUT2D eigenvalue weighted by molar-refractivity contribution is 0.0729. The lowest BCUT2D eigenvalue weighted by atomic mass is 10.0. The Hall–Kier alpha value is -3.98. The van der Waals surface area contributed by atoms with Crippen LogP contribution in [0.15, 0.2) is 115 Å². The van der Waals surface area contributed by atoms with Gasteiger partial charge in [-0.3, -0.25) is 9.59 Å². The van der Waals surface area contributed by atoms with Crippen molar-refractivity contribution >= 4 is 11.7 Å². The van der Waals surface area contributed by atoms with Crippen molar-refractivity contribution in [3.63, 3.8) is 0 Å². The van der Waals surface area contributed by atoms with E-state index in [4.69, 9.17) is 0 Å². The molecule has 0 saturated heterocycles. The topological polar surface area (TPSA) is 37.4 Å². The fourth-order valence-electron chi connectivity index (χ4n) is 3.51. The summed E-state index contributed by atoms with van der Waals surface area (Å²) in [5.74, 6) is -0.114. The van der Waals surface area contributed by atoms with Crippen LogP contribution in [-0.4, -0.2) is 16.6 Å². The highest BCUT2D eigenvalue weighted by Crippen LogP contribution is 2.16. The van der Waals surface area contributed by atoms with Gasteiger partial charge in [0.25, 0.3) is 5.91 Å². The van der Waals surface area contributed by atoms with Gasteiger partial charge in [-0.2, -0.15) is 0 Å². The van der Waals surface area contributed by atoms with Crippen molar-refractivity contribution in [2.75, 3.05) is 0 Å². The van der Waals surface area contributed by atoms with Gasteiger partial charge in [0.1, 0.15) is 0 Å². The maximum Gasteiger partial charge on any atom is 0.254 e. The van der Waals surface area contributed by atoms with E-state index in [1.807, 2.05) is 83.8 Å². The van der Waals surface area contributed by atoms with E-state index in [1.165, 1.54) is 0 Å². The maximum absolute atomic E-state index is 13.3. The van der Waals surface area contributed by atoms with E-state index in [9.17, 15) is 9.59 Å². The lowest BCUT2D eigenvalue weighted by Crippen LogP contribution is -2.30. The van der Waals surface area contributed by atoms with Crippen LogP contribution in [0.25, 0.3) is 0 Å². The first-order valence-corrected chi connectivity index (χ1v) is 10.3. The molecule has 0 N–H and O–H groups in total. The van der Waals surface area contributed by atoms with Crippen molar-refractivity contribution in [3.05, 3.63) is 143 Å². The molecule has 31 heavy (non-hydrogen) atoms. The van der Waals surface area contributed by atoms with Gasteiger partial charge in [0.05, 0.1) is 0 Å². The highest BCUT2D eigenvalue weighted by atomic mass is 16.2. The first-order valence-electron chi connectivity index (χ1n) is 10.3. The van der Waals surface area contributed by atoms with Gasteiger partial charge >= 0.3 is 0 Å². The number of benzene rings is 4. The summed E-state index contributed by atoms with van der Waals surface area (Å²) in [6.07, 6.45) is 0. The number of rotatable bonds is 7. The van der Waals surface area contributed by atoms with Crippen LogP contribution < -0.4 is 0 Å². The molecule has 4 rings (SSSR count). The third kappa shape index (κ3) is 5.14. The van der Waals surface area contributed by atoms with Gasteiger partial charge in [0.2, 0.25) is 0 Å². The number of carbonyl (C=O) groups excluding carboxylic acids is 2. The van der Waals surface area contributed by atoms with E-state index in [2.05, 4.69) is 0 Å². The van der Waals surface area contributed by atoms with Crippen molar-refractivity contribution in [2.24, 2.45) is 0 Å². The minimum Gasteiger partial charge on any atom is -0.330 e. The summed E-state index contributed by atoms with van der Waals surface area (Å²) in [6, 6.07) is 36.0. The van der Waals surface area contributed by atoms with Gasteiger partial charge in [-0.25, -0.2) is 0 Å².